The second-order valence-corrected chi connectivity index (χ2v) is 5.28. The molecule has 0 unspecified atom stereocenters. The SMILES string of the molecule is CN(Cc1cccc(C(F)(F)F)c1)C(=O)c1ccc(F)c([N+](=O)[O-])c1. The standard InChI is InChI=1S/C16H12F4N2O3/c1-21(9-10-3-2-4-12(7-10)16(18,19)20)15(23)11-5-6-13(17)14(8-11)22(24)25/h2-8H,9H2,1H3. The molecule has 0 saturated heterocycles. The predicted octanol–water partition coefficient (Wildman–Crippen LogP) is 4.02. The molecule has 2 aromatic carbocycles. The highest BCUT2D eigenvalue weighted by atomic mass is 19.4. The lowest BCUT2D eigenvalue weighted by molar-refractivity contribution is -0.387. The van der Waals surface area contributed by atoms with Gasteiger partial charge in [-0.1, -0.05) is 12.1 Å². The highest BCUT2D eigenvalue weighted by Gasteiger charge is 2.30. The quantitative estimate of drug-likeness (QED) is 0.472. The van der Waals surface area contributed by atoms with Crippen LogP contribution in [-0.2, 0) is 12.7 Å². The lowest BCUT2D eigenvalue weighted by atomic mass is 10.1. The first-order chi connectivity index (χ1) is 11.6. The molecule has 25 heavy (non-hydrogen) atoms. The van der Waals surface area contributed by atoms with Gasteiger partial charge in [0.15, 0.2) is 0 Å². The summed E-state index contributed by atoms with van der Waals surface area (Å²) in [6.07, 6.45) is -4.50. The molecule has 0 N–H and O–H groups in total. The molecular weight excluding hydrogens is 344 g/mol. The number of nitro groups is 1. The Morgan fingerprint density at radius 3 is 2.48 bits per heavy atom. The fourth-order valence-corrected chi connectivity index (χ4v) is 2.20. The molecule has 0 fully saturated rings. The zero-order valence-electron chi connectivity index (χ0n) is 12.9. The molecule has 132 valence electrons. The number of benzene rings is 2. The summed E-state index contributed by atoms with van der Waals surface area (Å²) in [7, 11) is 1.33. The summed E-state index contributed by atoms with van der Waals surface area (Å²) in [5.41, 5.74) is -1.59. The van der Waals surface area contributed by atoms with E-state index in [2.05, 4.69) is 0 Å². The lowest BCUT2D eigenvalue weighted by Crippen LogP contribution is -2.26. The van der Waals surface area contributed by atoms with Crippen LogP contribution in [0.2, 0.25) is 0 Å². The van der Waals surface area contributed by atoms with Crippen molar-refractivity contribution in [2.24, 2.45) is 0 Å². The second-order valence-electron chi connectivity index (χ2n) is 5.28. The zero-order chi connectivity index (χ0) is 18.8. The molecular formula is C16H12F4N2O3. The van der Waals surface area contributed by atoms with Gasteiger partial charge < -0.3 is 4.90 Å². The van der Waals surface area contributed by atoms with Gasteiger partial charge in [-0.05, 0) is 29.8 Å². The van der Waals surface area contributed by atoms with Gasteiger partial charge in [0.2, 0.25) is 5.82 Å². The Bertz CT molecular complexity index is 821. The number of alkyl halides is 3. The Kier molecular flexibility index (Phi) is 5.05. The fourth-order valence-electron chi connectivity index (χ4n) is 2.20. The summed E-state index contributed by atoms with van der Waals surface area (Å²) in [6.45, 7) is -0.145. The summed E-state index contributed by atoms with van der Waals surface area (Å²) in [6, 6.07) is 7.13. The van der Waals surface area contributed by atoms with Crippen LogP contribution in [0.25, 0.3) is 0 Å². The number of rotatable bonds is 4. The van der Waals surface area contributed by atoms with E-state index in [0.717, 1.165) is 35.2 Å². The molecule has 2 rings (SSSR count). The third-order valence-corrected chi connectivity index (χ3v) is 3.41. The van der Waals surface area contributed by atoms with E-state index in [0.29, 0.717) is 0 Å². The van der Waals surface area contributed by atoms with Gasteiger partial charge >= 0.3 is 11.9 Å². The molecule has 0 atom stereocenters. The van der Waals surface area contributed by atoms with Crippen LogP contribution in [0.4, 0.5) is 23.2 Å². The van der Waals surface area contributed by atoms with E-state index in [-0.39, 0.29) is 17.7 Å². The van der Waals surface area contributed by atoms with Gasteiger partial charge in [-0.25, -0.2) is 0 Å². The van der Waals surface area contributed by atoms with Crippen molar-refractivity contribution in [3.63, 3.8) is 0 Å². The zero-order valence-corrected chi connectivity index (χ0v) is 12.9. The maximum atomic E-state index is 13.3. The monoisotopic (exact) mass is 356 g/mol. The van der Waals surface area contributed by atoms with E-state index in [1.807, 2.05) is 0 Å². The van der Waals surface area contributed by atoms with Crippen LogP contribution in [0.1, 0.15) is 21.5 Å². The van der Waals surface area contributed by atoms with Crippen molar-refractivity contribution in [1.82, 2.24) is 4.90 Å². The van der Waals surface area contributed by atoms with Gasteiger partial charge in [0, 0.05) is 25.2 Å². The number of amides is 1. The number of hydrogen-bond donors (Lipinski definition) is 0. The third-order valence-electron chi connectivity index (χ3n) is 3.41. The molecule has 0 radical (unpaired) electrons. The van der Waals surface area contributed by atoms with Crippen LogP contribution in [0.3, 0.4) is 0 Å². The average molecular weight is 356 g/mol. The third kappa shape index (κ3) is 4.31. The smallest absolute Gasteiger partial charge is 0.337 e. The maximum absolute atomic E-state index is 13.3. The molecule has 0 aliphatic carbocycles. The largest absolute Gasteiger partial charge is 0.416 e. The van der Waals surface area contributed by atoms with Crippen LogP contribution in [0, 0.1) is 15.9 Å². The average Bonchev–Trinajstić information content (AvgIpc) is 2.53. The first-order valence-corrected chi connectivity index (χ1v) is 6.95. The summed E-state index contributed by atoms with van der Waals surface area (Å²) >= 11 is 0. The molecule has 5 nitrogen and oxygen atoms in total. The molecule has 0 spiro atoms. The molecule has 1 amide bonds. The number of nitro benzene ring substituents is 1. The Morgan fingerprint density at radius 2 is 1.88 bits per heavy atom. The van der Waals surface area contributed by atoms with Gasteiger partial charge in [-0.2, -0.15) is 17.6 Å². The molecule has 0 saturated carbocycles. The Balaban J connectivity index is 2.21. The number of hydrogen-bond acceptors (Lipinski definition) is 3. The van der Waals surface area contributed by atoms with Crippen LogP contribution in [-0.4, -0.2) is 22.8 Å². The first-order valence-electron chi connectivity index (χ1n) is 6.95. The highest BCUT2D eigenvalue weighted by molar-refractivity contribution is 5.94. The van der Waals surface area contributed by atoms with Crippen LogP contribution < -0.4 is 0 Å². The minimum absolute atomic E-state index is 0.137. The Hall–Kier alpha value is -2.97. The summed E-state index contributed by atoms with van der Waals surface area (Å²) in [4.78, 5) is 23.1. The van der Waals surface area contributed by atoms with Gasteiger partial charge in [0.25, 0.3) is 5.91 Å². The summed E-state index contributed by atoms with van der Waals surface area (Å²) in [5.74, 6) is -1.76. The van der Waals surface area contributed by atoms with Crippen molar-refractivity contribution in [2.45, 2.75) is 12.7 Å². The van der Waals surface area contributed by atoms with E-state index < -0.39 is 34.1 Å². The number of halogens is 4. The number of carbonyl (C=O) groups is 1. The molecule has 0 heterocycles. The Morgan fingerprint density at radius 1 is 1.20 bits per heavy atom. The van der Waals surface area contributed by atoms with E-state index in [4.69, 9.17) is 0 Å². The minimum atomic E-state index is -4.50. The van der Waals surface area contributed by atoms with Crippen molar-refractivity contribution in [2.75, 3.05) is 7.05 Å². The van der Waals surface area contributed by atoms with Gasteiger partial charge in [-0.15, -0.1) is 0 Å². The predicted molar refractivity (Wildman–Crippen MR) is 80.3 cm³/mol. The van der Waals surface area contributed by atoms with Crippen LogP contribution >= 0.6 is 0 Å². The maximum Gasteiger partial charge on any atom is 0.416 e. The molecule has 2 aromatic rings. The van der Waals surface area contributed by atoms with E-state index in [1.165, 1.54) is 19.2 Å². The highest BCUT2D eigenvalue weighted by Crippen LogP contribution is 2.29. The van der Waals surface area contributed by atoms with Gasteiger partial charge in [-0.3, -0.25) is 14.9 Å². The van der Waals surface area contributed by atoms with Gasteiger partial charge in [0.05, 0.1) is 10.5 Å². The summed E-state index contributed by atoms with van der Waals surface area (Å²) < 4.78 is 51.4. The van der Waals surface area contributed by atoms with Gasteiger partial charge in [0.1, 0.15) is 0 Å². The number of carbonyl (C=O) groups excluding carboxylic acids is 1. The Labute approximate surface area is 139 Å². The minimum Gasteiger partial charge on any atom is -0.337 e. The lowest BCUT2D eigenvalue weighted by Gasteiger charge is -2.18. The van der Waals surface area contributed by atoms with E-state index in [1.54, 1.807) is 0 Å². The van der Waals surface area contributed by atoms with E-state index in [9.17, 15) is 32.5 Å². The second kappa shape index (κ2) is 6.88. The van der Waals surface area contributed by atoms with E-state index >= 15 is 0 Å². The molecule has 9 heteroatoms. The van der Waals surface area contributed by atoms with Crippen LogP contribution in [0.15, 0.2) is 42.5 Å². The fraction of sp³-hybridized carbons (Fsp3) is 0.188. The topological polar surface area (TPSA) is 63.5 Å². The van der Waals surface area contributed by atoms with Crippen molar-refractivity contribution in [3.05, 3.63) is 75.1 Å². The van der Waals surface area contributed by atoms with Crippen molar-refractivity contribution < 1.29 is 27.3 Å². The number of nitrogens with zero attached hydrogens (tertiary/aromatic N) is 2. The van der Waals surface area contributed by atoms with Crippen molar-refractivity contribution >= 4 is 11.6 Å². The molecule has 0 aliphatic heterocycles. The summed E-state index contributed by atoms with van der Waals surface area (Å²) in [5, 5.41) is 10.7. The van der Waals surface area contributed by atoms with Crippen molar-refractivity contribution in [3.8, 4) is 0 Å². The van der Waals surface area contributed by atoms with Crippen molar-refractivity contribution in [1.29, 1.82) is 0 Å². The normalized spacial score (nSPS) is 11.2. The molecule has 0 aliphatic rings. The first kappa shape index (κ1) is 18.4. The van der Waals surface area contributed by atoms with Crippen LogP contribution in [0.5, 0.6) is 0 Å². The molecule has 0 bridgehead atoms. The molecule has 0 aromatic heterocycles.